The van der Waals surface area contributed by atoms with Crippen molar-refractivity contribution < 1.29 is 19.1 Å². The quantitative estimate of drug-likeness (QED) is 0.628. The van der Waals surface area contributed by atoms with E-state index in [1.54, 1.807) is 31.3 Å². The predicted molar refractivity (Wildman–Crippen MR) is 108 cm³/mol. The number of hydrogen-bond donors (Lipinski definition) is 2. The van der Waals surface area contributed by atoms with Crippen LogP contribution < -0.4 is 10.6 Å². The maximum atomic E-state index is 12.4. The van der Waals surface area contributed by atoms with Crippen LogP contribution >= 0.6 is 0 Å². The zero-order valence-electron chi connectivity index (χ0n) is 16.0. The van der Waals surface area contributed by atoms with Crippen LogP contribution in [0.5, 0.6) is 0 Å². The molecule has 2 amide bonds. The lowest BCUT2D eigenvalue weighted by Gasteiger charge is -2.04. The minimum Gasteiger partial charge on any atom is -0.465 e. The smallest absolute Gasteiger partial charge is 0.337 e. The van der Waals surface area contributed by atoms with E-state index >= 15 is 0 Å². The van der Waals surface area contributed by atoms with Crippen molar-refractivity contribution in [3.63, 3.8) is 0 Å². The molecule has 0 saturated carbocycles. The molecule has 0 radical (unpaired) electrons. The fourth-order valence-corrected chi connectivity index (χ4v) is 2.67. The number of amides is 2. The first-order chi connectivity index (χ1) is 14.0. The second-order valence-electron chi connectivity index (χ2n) is 6.27. The van der Waals surface area contributed by atoms with Crippen LogP contribution in [0.2, 0.25) is 0 Å². The Labute approximate surface area is 167 Å². The van der Waals surface area contributed by atoms with Gasteiger partial charge in [0.05, 0.1) is 19.1 Å². The third-order valence-corrected chi connectivity index (χ3v) is 4.15. The molecule has 0 bridgehead atoms. The number of nitrogens with one attached hydrogen (secondary N) is 2. The summed E-state index contributed by atoms with van der Waals surface area (Å²) in [7, 11) is 2.94. The number of rotatable bonds is 6. The lowest BCUT2D eigenvalue weighted by atomic mass is 10.1. The number of methoxy groups -OCH3 is 1. The maximum absolute atomic E-state index is 12.4. The molecule has 148 valence electrons. The topological polar surface area (TPSA) is 102 Å². The Morgan fingerprint density at radius 1 is 1.00 bits per heavy atom. The normalized spacial score (nSPS) is 10.3. The molecule has 3 rings (SSSR count). The molecule has 2 N–H and O–H groups in total. The van der Waals surface area contributed by atoms with E-state index in [-0.39, 0.29) is 18.0 Å². The van der Waals surface area contributed by atoms with E-state index in [1.165, 1.54) is 17.9 Å². The molecule has 0 saturated heterocycles. The average Bonchev–Trinajstić information content (AvgIpc) is 3.09. The van der Waals surface area contributed by atoms with Gasteiger partial charge >= 0.3 is 5.97 Å². The van der Waals surface area contributed by atoms with Gasteiger partial charge in [-0.05, 0) is 29.8 Å². The van der Waals surface area contributed by atoms with Crippen molar-refractivity contribution in [2.45, 2.75) is 6.42 Å². The summed E-state index contributed by atoms with van der Waals surface area (Å²) >= 11 is 0. The highest BCUT2D eigenvalue weighted by Gasteiger charge is 2.15. The number of aryl methyl sites for hydroxylation is 1. The Morgan fingerprint density at radius 3 is 2.34 bits per heavy atom. The van der Waals surface area contributed by atoms with Gasteiger partial charge in [0.15, 0.2) is 5.69 Å². The summed E-state index contributed by atoms with van der Waals surface area (Å²) in [5, 5.41) is 9.59. The van der Waals surface area contributed by atoms with Gasteiger partial charge in [-0.2, -0.15) is 5.10 Å². The predicted octanol–water partition coefficient (Wildman–Crippen LogP) is 2.64. The highest BCUT2D eigenvalue weighted by atomic mass is 16.5. The number of carbonyl (C=O) groups excluding carboxylic acids is 3. The lowest BCUT2D eigenvalue weighted by Crippen LogP contribution is -2.16. The van der Waals surface area contributed by atoms with Gasteiger partial charge < -0.3 is 15.4 Å². The van der Waals surface area contributed by atoms with Crippen molar-refractivity contribution in [2.24, 2.45) is 7.05 Å². The molecule has 1 aromatic heterocycles. The van der Waals surface area contributed by atoms with Crippen molar-refractivity contribution >= 4 is 29.3 Å². The van der Waals surface area contributed by atoms with Crippen molar-refractivity contribution in [1.82, 2.24) is 9.78 Å². The zero-order valence-corrected chi connectivity index (χ0v) is 16.0. The van der Waals surface area contributed by atoms with Crippen LogP contribution in [0.4, 0.5) is 11.5 Å². The highest BCUT2D eigenvalue weighted by Crippen LogP contribution is 2.14. The van der Waals surface area contributed by atoms with Crippen LogP contribution in [0.25, 0.3) is 0 Å². The van der Waals surface area contributed by atoms with Crippen LogP contribution in [0.15, 0.2) is 60.7 Å². The Kier molecular flexibility index (Phi) is 6.03. The van der Waals surface area contributed by atoms with Crippen molar-refractivity contribution in [2.75, 3.05) is 17.7 Å². The number of hydrogen-bond acceptors (Lipinski definition) is 5. The summed E-state index contributed by atoms with van der Waals surface area (Å²) in [4.78, 5) is 36.1. The molecule has 0 aliphatic rings. The van der Waals surface area contributed by atoms with Gasteiger partial charge in [-0.15, -0.1) is 0 Å². The summed E-state index contributed by atoms with van der Waals surface area (Å²) in [5.41, 5.74) is 1.93. The number of ether oxygens (including phenoxy) is 1. The number of carbonyl (C=O) groups is 3. The van der Waals surface area contributed by atoms with Gasteiger partial charge in [-0.25, -0.2) is 4.79 Å². The fourth-order valence-electron chi connectivity index (χ4n) is 2.67. The largest absolute Gasteiger partial charge is 0.465 e. The minimum absolute atomic E-state index is 0.152. The van der Waals surface area contributed by atoms with Gasteiger partial charge in [0, 0.05) is 18.8 Å². The van der Waals surface area contributed by atoms with Crippen LogP contribution in [-0.4, -0.2) is 34.7 Å². The van der Waals surface area contributed by atoms with Gasteiger partial charge in [-0.1, -0.05) is 30.3 Å². The van der Waals surface area contributed by atoms with Crippen LogP contribution in [0.3, 0.4) is 0 Å². The molecule has 0 spiro atoms. The van der Waals surface area contributed by atoms with Crippen LogP contribution in [-0.2, 0) is 23.0 Å². The first-order valence-corrected chi connectivity index (χ1v) is 8.84. The first-order valence-electron chi connectivity index (χ1n) is 8.84. The minimum atomic E-state index is -0.455. The number of aromatic nitrogens is 2. The maximum Gasteiger partial charge on any atom is 0.337 e. The van der Waals surface area contributed by atoms with E-state index in [9.17, 15) is 14.4 Å². The fraction of sp³-hybridized carbons (Fsp3) is 0.143. The van der Waals surface area contributed by atoms with Gasteiger partial charge in [0.1, 0.15) is 5.82 Å². The van der Waals surface area contributed by atoms with E-state index in [1.807, 2.05) is 30.3 Å². The molecule has 3 aromatic rings. The van der Waals surface area contributed by atoms with Crippen LogP contribution in [0.1, 0.15) is 26.4 Å². The monoisotopic (exact) mass is 392 g/mol. The molecule has 1 heterocycles. The molecule has 8 heteroatoms. The van der Waals surface area contributed by atoms with Crippen molar-refractivity contribution in [3.05, 3.63) is 77.5 Å². The number of benzene rings is 2. The summed E-state index contributed by atoms with van der Waals surface area (Å²) in [6.45, 7) is 0. The van der Waals surface area contributed by atoms with Crippen molar-refractivity contribution in [1.29, 1.82) is 0 Å². The van der Waals surface area contributed by atoms with Gasteiger partial charge in [-0.3, -0.25) is 14.3 Å². The molecular formula is C21H20N4O4. The second-order valence-corrected chi connectivity index (χ2v) is 6.27. The molecule has 2 aromatic carbocycles. The Bertz CT molecular complexity index is 1030. The molecule has 0 aliphatic carbocycles. The zero-order chi connectivity index (χ0) is 20.8. The summed E-state index contributed by atoms with van der Waals surface area (Å²) in [6.07, 6.45) is 0.222. The summed E-state index contributed by atoms with van der Waals surface area (Å²) in [6, 6.07) is 17.1. The van der Waals surface area contributed by atoms with E-state index in [0.29, 0.717) is 17.1 Å². The molecule has 0 aliphatic heterocycles. The third kappa shape index (κ3) is 5.07. The van der Waals surface area contributed by atoms with E-state index < -0.39 is 11.9 Å². The lowest BCUT2D eigenvalue weighted by molar-refractivity contribution is -0.115. The Balaban J connectivity index is 1.63. The Morgan fingerprint density at radius 2 is 1.69 bits per heavy atom. The van der Waals surface area contributed by atoms with Crippen LogP contribution in [0, 0.1) is 0 Å². The number of esters is 1. The summed E-state index contributed by atoms with van der Waals surface area (Å²) in [5.74, 6) is -0.680. The Hall–Kier alpha value is -3.94. The molecule has 0 atom stereocenters. The first kappa shape index (κ1) is 19.8. The average molecular weight is 392 g/mol. The molecule has 29 heavy (non-hydrogen) atoms. The second kappa shape index (κ2) is 8.83. The van der Waals surface area contributed by atoms with Gasteiger partial charge in [0.2, 0.25) is 5.91 Å². The standard InChI is InChI=1S/C21H20N4O4/c1-25-18(23-19(26)12-14-6-4-3-5-7-14)13-17(24-25)20(27)22-16-10-8-15(9-11-16)21(28)29-2/h3-11,13H,12H2,1-2H3,(H,22,27)(H,23,26). The molecular weight excluding hydrogens is 372 g/mol. The van der Waals surface area contributed by atoms with Gasteiger partial charge in [0.25, 0.3) is 5.91 Å². The number of nitrogens with zero attached hydrogens (tertiary/aromatic N) is 2. The van der Waals surface area contributed by atoms with E-state index in [4.69, 9.17) is 0 Å². The van der Waals surface area contributed by atoms with E-state index in [0.717, 1.165) is 5.56 Å². The SMILES string of the molecule is COC(=O)c1ccc(NC(=O)c2cc(NC(=O)Cc3ccccc3)n(C)n2)cc1. The molecule has 0 fully saturated rings. The van der Waals surface area contributed by atoms with E-state index in [2.05, 4.69) is 20.5 Å². The molecule has 0 unspecified atom stereocenters. The third-order valence-electron chi connectivity index (χ3n) is 4.15. The summed E-state index contributed by atoms with van der Waals surface area (Å²) < 4.78 is 6.07. The number of anilines is 2. The highest BCUT2D eigenvalue weighted by molar-refractivity contribution is 6.04. The molecule has 8 nitrogen and oxygen atoms in total. The van der Waals surface area contributed by atoms with Crippen molar-refractivity contribution in [3.8, 4) is 0 Å².